The number of hydrogen-bond acceptors (Lipinski definition) is 7. The Bertz CT molecular complexity index is 953. The van der Waals surface area contributed by atoms with E-state index < -0.39 is 35.7 Å². The molecular weight excluding hydrogens is 437 g/mol. The molecule has 1 aliphatic heterocycles. The molecule has 0 aliphatic carbocycles. The number of carboxylic acid groups (broad SMARTS) is 1. The predicted molar refractivity (Wildman–Crippen MR) is 122 cm³/mol. The summed E-state index contributed by atoms with van der Waals surface area (Å²) in [6.07, 6.45) is 0. The van der Waals surface area contributed by atoms with Crippen LogP contribution in [0.4, 0.5) is 0 Å². The number of rotatable bonds is 7. The lowest BCUT2D eigenvalue weighted by Gasteiger charge is -2.31. The first-order chi connectivity index (χ1) is 14.7. The van der Waals surface area contributed by atoms with Crippen molar-refractivity contribution in [3.05, 3.63) is 64.7 Å². The van der Waals surface area contributed by atoms with Crippen molar-refractivity contribution in [2.45, 2.75) is 18.9 Å². The average molecular weight is 464 g/mol. The Labute approximate surface area is 192 Å². The smallest absolute Gasteiger partial charge is 0.483 e. The molecule has 0 radical (unpaired) electrons. The van der Waals surface area contributed by atoms with Crippen molar-refractivity contribution < 1.29 is 29.9 Å². The van der Waals surface area contributed by atoms with Crippen LogP contribution in [-0.2, 0) is 12.0 Å². The highest BCUT2D eigenvalue weighted by molar-refractivity contribution is 6.46. The topological polar surface area (TPSA) is 142 Å². The number of amides is 1. The van der Waals surface area contributed by atoms with Crippen molar-refractivity contribution in [1.29, 1.82) is 0 Å². The number of piperazine rings is 1. The number of nitrogens with zero attached hydrogens (tertiary/aromatic N) is 1. The van der Waals surface area contributed by atoms with Gasteiger partial charge >= 0.3 is 13.1 Å². The third-order valence-electron chi connectivity index (χ3n) is 5.55. The summed E-state index contributed by atoms with van der Waals surface area (Å²) in [7, 11) is -2.10. The van der Waals surface area contributed by atoms with Gasteiger partial charge in [0.15, 0.2) is 0 Å². The molecule has 2 aromatic rings. The van der Waals surface area contributed by atoms with Gasteiger partial charge < -0.3 is 30.9 Å². The summed E-state index contributed by atoms with van der Waals surface area (Å²) in [6.45, 7) is 5.86. The lowest BCUT2D eigenvalue weighted by molar-refractivity contribution is 0.0693. The Morgan fingerprint density at radius 1 is 1.12 bits per heavy atom. The second kappa shape index (κ2) is 10.8. The van der Waals surface area contributed by atoms with Crippen LogP contribution in [0.15, 0.2) is 42.5 Å². The summed E-state index contributed by atoms with van der Waals surface area (Å²) in [4.78, 5) is 26.4. The molecule has 1 atom stereocenters. The van der Waals surface area contributed by atoms with Crippen LogP contribution in [0.2, 0.25) is 0 Å². The molecule has 3 rings (SSSR count). The van der Waals surface area contributed by atoms with E-state index >= 15 is 0 Å². The first-order valence-electron chi connectivity index (χ1n) is 9.99. The van der Waals surface area contributed by atoms with Gasteiger partial charge in [0.05, 0.1) is 0 Å². The number of phenols is 1. The molecule has 32 heavy (non-hydrogen) atoms. The minimum atomic E-state index is -2.10. The maximum atomic E-state index is 12.8. The number of carbonyl (C=O) groups is 2. The highest BCUT2D eigenvalue weighted by Gasteiger charge is 2.43. The van der Waals surface area contributed by atoms with Crippen LogP contribution in [-0.4, -0.2) is 70.3 Å². The minimum Gasteiger partial charge on any atom is -0.507 e. The molecule has 0 bridgehead atoms. The number of aromatic hydroxyl groups is 1. The fraction of sp³-hybridized carbons (Fsp3) is 0.333. The fourth-order valence-corrected chi connectivity index (χ4v) is 3.60. The fourth-order valence-electron chi connectivity index (χ4n) is 3.60. The van der Waals surface area contributed by atoms with Gasteiger partial charge in [-0.3, -0.25) is 9.69 Å². The number of nitrogens with one attached hydrogen (secondary N) is 2. The van der Waals surface area contributed by atoms with Crippen LogP contribution < -0.4 is 10.6 Å². The van der Waals surface area contributed by atoms with Crippen molar-refractivity contribution in [3.63, 3.8) is 0 Å². The highest BCUT2D eigenvalue weighted by Crippen LogP contribution is 2.33. The molecule has 1 fully saturated rings. The molecule has 1 unspecified atom stereocenters. The van der Waals surface area contributed by atoms with E-state index in [9.17, 15) is 29.9 Å². The van der Waals surface area contributed by atoms with Gasteiger partial charge in [-0.2, -0.15) is 0 Å². The Hall–Kier alpha value is -2.63. The number of hydrogen-bond donors (Lipinski definition) is 6. The van der Waals surface area contributed by atoms with Gasteiger partial charge in [-0.05, 0) is 30.7 Å². The molecule has 1 amide bonds. The van der Waals surface area contributed by atoms with E-state index in [2.05, 4.69) is 15.5 Å². The third-order valence-corrected chi connectivity index (χ3v) is 5.55. The van der Waals surface area contributed by atoms with Gasteiger partial charge in [0.25, 0.3) is 5.91 Å². The van der Waals surface area contributed by atoms with Crippen LogP contribution in [0.3, 0.4) is 0 Å². The van der Waals surface area contributed by atoms with E-state index in [1.165, 1.54) is 25.1 Å². The second-order valence-corrected chi connectivity index (χ2v) is 7.76. The number of halogens is 1. The van der Waals surface area contributed by atoms with Crippen LogP contribution in [0, 0.1) is 0 Å². The first kappa shape index (κ1) is 25.6. The maximum Gasteiger partial charge on any atom is 0.483 e. The molecule has 0 saturated carbocycles. The Kier molecular flexibility index (Phi) is 8.65. The van der Waals surface area contributed by atoms with Gasteiger partial charge in [-0.1, -0.05) is 24.3 Å². The Morgan fingerprint density at radius 2 is 1.75 bits per heavy atom. The normalized spacial score (nSPS) is 15.8. The number of benzene rings is 2. The summed E-state index contributed by atoms with van der Waals surface area (Å²) in [5.74, 6) is -2.61. The van der Waals surface area contributed by atoms with Gasteiger partial charge in [0, 0.05) is 43.9 Å². The second-order valence-electron chi connectivity index (χ2n) is 7.76. The zero-order valence-corrected chi connectivity index (χ0v) is 18.4. The lowest BCUT2D eigenvalue weighted by atomic mass is 9.61. The largest absolute Gasteiger partial charge is 0.507 e. The molecular formula is C21H27BClN3O6. The zero-order valence-electron chi connectivity index (χ0n) is 17.6. The van der Waals surface area contributed by atoms with Gasteiger partial charge in [0.1, 0.15) is 16.8 Å². The van der Waals surface area contributed by atoms with Crippen molar-refractivity contribution in [3.8, 4) is 5.75 Å². The summed E-state index contributed by atoms with van der Waals surface area (Å²) in [5.41, 5.74) is -1.02. The monoisotopic (exact) mass is 463 g/mol. The van der Waals surface area contributed by atoms with Gasteiger partial charge in [0.2, 0.25) is 0 Å². The van der Waals surface area contributed by atoms with E-state index in [0.29, 0.717) is 5.56 Å². The van der Waals surface area contributed by atoms with Crippen molar-refractivity contribution in [2.75, 3.05) is 26.2 Å². The number of para-hydroxylation sites is 1. The average Bonchev–Trinajstić information content (AvgIpc) is 2.74. The molecule has 1 saturated heterocycles. The first-order valence-corrected chi connectivity index (χ1v) is 9.99. The molecule has 172 valence electrons. The quantitative estimate of drug-likeness (QED) is 0.327. The zero-order chi connectivity index (χ0) is 22.6. The molecule has 2 aromatic carbocycles. The van der Waals surface area contributed by atoms with Gasteiger partial charge in [-0.25, -0.2) is 4.79 Å². The number of aromatic carboxylic acids is 1. The number of carbonyl (C=O) groups excluding carboxylic acids is 1. The molecule has 11 heteroatoms. The van der Waals surface area contributed by atoms with Crippen LogP contribution in [0.1, 0.15) is 38.8 Å². The van der Waals surface area contributed by atoms with Crippen LogP contribution in [0.25, 0.3) is 0 Å². The molecule has 1 heterocycles. The predicted octanol–water partition coefficient (Wildman–Crippen LogP) is 0.575. The lowest BCUT2D eigenvalue weighted by Crippen LogP contribution is -2.55. The third kappa shape index (κ3) is 5.59. The summed E-state index contributed by atoms with van der Waals surface area (Å²) in [5, 5.41) is 45.3. The Balaban J connectivity index is 0.00000363. The summed E-state index contributed by atoms with van der Waals surface area (Å²) >= 11 is 0. The van der Waals surface area contributed by atoms with Crippen LogP contribution in [0.5, 0.6) is 5.75 Å². The van der Waals surface area contributed by atoms with E-state index in [4.69, 9.17) is 0 Å². The van der Waals surface area contributed by atoms with Crippen LogP contribution >= 0.6 is 12.4 Å². The summed E-state index contributed by atoms with van der Waals surface area (Å²) < 4.78 is 0. The van der Waals surface area contributed by atoms with Crippen molar-refractivity contribution in [1.82, 2.24) is 15.5 Å². The van der Waals surface area contributed by atoms with E-state index in [1.54, 1.807) is 12.1 Å². The van der Waals surface area contributed by atoms with Crippen molar-refractivity contribution >= 4 is 31.4 Å². The number of carboxylic acids is 1. The molecule has 1 aliphatic rings. The molecule has 0 spiro atoms. The molecule has 9 nitrogen and oxygen atoms in total. The van der Waals surface area contributed by atoms with Gasteiger partial charge in [-0.15, -0.1) is 12.4 Å². The molecule has 6 N–H and O–H groups in total. The van der Waals surface area contributed by atoms with E-state index in [0.717, 1.165) is 38.3 Å². The maximum absolute atomic E-state index is 12.8. The van der Waals surface area contributed by atoms with Crippen molar-refractivity contribution in [2.24, 2.45) is 0 Å². The standard InChI is InChI=1S/C21H26BN3O6.ClH/c1-21(22(30)31,17-4-2-3-16(18(17)26)20(28)29)24-19(27)15-7-5-14(6-8-15)13-25-11-9-23-10-12-25;/h2-8,23,26,30-31H,9-13H2,1H3,(H,24,27)(H,28,29);1H. The minimum absolute atomic E-state index is 0. The van der Waals surface area contributed by atoms with E-state index in [1.807, 2.05) is 12.1 Å². The Morgan fingerprint density at radius 3 is 2.31 bits per heavy atom. The highest BCUT2D eigenvalue weighted by atomic mass is 35.5. The SMILES string of the molecule is CC(NC(=O)c1ccc(CN2CCNCC2)cc1)(B(O)O)c1cccc(C(=O)O)c1O.Cl. The summed E-state index contributed by atoms with van der Waals surface area (Å²) in [6, 6.07) is 10.8. The van der Waals surface area contributed by atoms with E-state index in [-0.39, 0.29) is 18.0 Å². The molecule has 0 aromatic heterocycles.